The van der Waals surface area contributed by atoms with Crippen LogP contribution in [-0.4, -0.2) is 36.5 Å². The first kappa shape index (κ1) is 14.0. The van der Waals surface area contributed by atoms with Crippen LogP contribution in [0, 0.1) is 21.4 Å². The first-order valence-electron chi connectivity index (χ1n) is 6.08. The maximum absolute atomic E-state index is 11.5. The van der Waals surface area contributed by atoms with Crippen molar-refractivity contribution in [2.45, 2.75) is 13.0 Å². The summed E-state index contributed by atoms with van der Waals surface area (Å²) in [6, 6.07) is 6.44. The third-order valence-corrected chi connectivity index (χ3v) is 3.13. The molecule has 1 saturated heterocycles. The SMILES string of the molecule is CC(=O)c1cc(N2CCOC(C#N)C2)ccc1[N+](=O)[O-]. The highest BCUT2D eigenvalue weighted by molar-refractivity contribution is 5.99. The Bertz CT molecular complexity index is 594. The van der Waals surface area contributed by atoms with Gasteiger partial charge in [-0.25, -0.2) is 0 Å². The summed E-state index contributed by atoms with van der Waals surface area (Å²) in [5.41, 5.74) is 0.559. The lowest BCUT2D eigenvalue weighted by atomic mass is 10.1. The highest BCUT2D eigenvalue weighted by Gasteiger charge is 2.23. The number of nitro groups is 1. The number of morpholine rings is 1. The van der Waals surface area contributed by atoms with Crippen molar-refractivity contribution < 1.29 is 14.5 Å². The van der Waals surface area contributed by atoms with Gasteiger partial charge in [0.05, 0.1) is 29.7 Å². The zero-order valence-electron chi connectivity index (χ0n) is 10.9. The van der Waals surface area contributed by atoms with Crippen molar-refractivity contribution in [1.29, 1.82) is 5.26 Å². The van der Waals surface area contributed by atoms with Crippen molar-refractivity contribution in [3.63, 3.8) is 0 Å². The van der Waals surface area contributed by atoms with Gasteiger partial charge in [-0.05, 0) is 19.1 Å². The van der Waals surface area contributed by atoms with E-state index in [1.54, 1.807) is 6.07 Å². The van der Waals surface area contributed by atoms with E-state index in [1.807, 2.05) is 11.0 Å². The third-order valence-electron chi connectivity index (χ3n) is 3.13. The van der Waals surface area contributed by atoms with Crippen molar-refractivity contribution in [3.8, 4) is 6.07 Å². The number of hydrogen-bond donors (Lipinski definition) is 0. The number of carbonyl (C=O) groups is 1. The molecular formula is C13H13N3O4. The minimum absolute atomic E-state index is 0.0764. The number of anilines is 1. The largest absolute Gasteiger partial charge is 0.365 e. The number of carbonyl (C=O) groups excluding carboxylic acids is 1. The molecule has 0 amide bonds. The summed E-state index contributed by atoms with van der Waals surface area (Å²) in [6.45, 7) is 2.66. The van der Waals surface area contributed by atoms with E-state index in [-0.39, 0.29) is 17.0 Å². The molecule has 1 fully saturated rings. The van der Waals surface area contributed by atoms with Crippen LogP contribution in [0.5, 0.6) is 0 Å². The first-order valence-corrected chi connectivity index (χ1v) is 6.08. The summed E-state index contributed by atoms with van der Waals surface area (Å²) < 4.78 is 5.24. The van der Waals surface area contributed by atoms with E-state index in [0.717, 1.165) is 0 Å². The zero-order valence-corrected chi connectivity index (χ0v) is 10.9. The number of nitro benzene ring substituents is 1. The Labute approximate surface area is 115 Å². The van der Waals surface area contributed by atoms with Crippen LogP contribution >= 0.6 is 0 Å². The molecule has 0 radical (unpaired) electrons. The summed E-state index contributed by atoms with van der Waals surface area (Å²) in [6.07, 6.45) is -0.528. The van der Waals surface area contributed by atoms with Crippen molar-refractivity contribution in [1.82, 2.24) is 0 Å². The number of nitrogens with zero attached hydrogens (tertiary/aromatic N) is 3. The minimum Gasteiger partial charge on any atom is -0.365 e. The van der Waals surface area contributed by atoms with Crippen LogP contribution in [0.15, 0.2) is 18.2 Å². The molecule has 1 atom stereocenters. The number of ether oxygens (including phenoxy) is 1. The van der Waals surface area contributed by atoms with Crippen molar-refractivity contribution in [2.24, 2.45) is 0 Å². The zero-order chi connectivity index (χ0) is 14.7. The number of rotatable bonds is 3. The molecule has 7 heteroatoms. The maximum atomic E-state index is 11.5. The van der Waals surface area contributed by atoms with Gasteiger partial charge >= 0.3 is 0 Å². The molecule has 7 nitrogen and oxygen atoms in total. The number of ketones is 1. The summed E-state index contributed by atoms with van der Waals surface area (Å²) in [5.74, 6) is -0.358. The number of hydrogen-bond acceptors (Lipinski definition) is 6. The van der Waals surface area contributed by atoms with Crippen LogP contribution in [0.4, 0.5) is 11.4 Å². The van der Waals surface area contributed by atoms with Gasteiger partial charge in [0.15, 0.2) is 11.9 Å². The predicted octanol–water partition coefficient (Wildman–Crippen LogP) is 1.53. The molecular weight excluding hydrogens is 262 g/mol. The Kier molecular flexibility index (Phi) is 3.96. The Hall–Kier alpha value is -2.46. The predicted molar refractivity (Wildman–Crippen MR) is 70.7 cm³/mol. The molecule has 2 rings (SSSR count). The van der Waals surface area contributed by atoms with Gasteiger partial charge < -0.3 is 9.64 Å². The van der Waals surface area contributed by atoms with E-state index >= 15 is 0 Å². The molecule has 0 bridgehead atoms. The highest BCUT2D eigenvalue weighted by atomic mass is 16.6. The molecule has 1 aromatic carbocycles. The fourth-order valence-corrected chi connectivity index (χ4v) is 2.12. The molecule has 1 unspecified atom stereocenters. The second-order valence-electron chi connectivity index (χ2n) is 4.45. The molecule has 1 aliphatic rings. The van der Waals surface area contributed by atoms with Gasteiger partial charge in [-0.3, -0.25) is 14.9 Å². The molecule has 0 spiro atoms. The average Bonchev–Trinajstić information content (AvgIpc) is 2.46. The number of Topliss-reactive ketones (excluding diaryl/α,β-unsaturated/α-hetero) is 1. The topological polar surface area (TPSA) is 96.5 Å². The normalized spacial score (nSPS) is 18.4. The lowest BCUT2D eigenvalue weighted by Gasteiger charge is -2.31. The minimum atomic E-state index is -0.572. The third kappa shape index (κ3) is 2.75. The van der Waals surface area contributed by atoms with Crippen LogP contribution in [0.25, 0.3) is 0 Å². The summed E-state index contributed by atoms with van der Waals surface area (Å²) in [7, 11) is 0. The van der Waals surface area contributed by atoms with Crippen LogP contribution in [0.3, 0.4) is 0 Å². The fraction of sp³-hybridized carbons (Fsp3) is 0.385. The fourth-order valence-electron chi connectivity index (χ4n) is 2.12. The number of nitriles is 1. The molecule has 104 valence electrons. The molecule has 0 N–H and O–H groups in total. The van der Waals surface area contributed by atoms with Gasteiger partial charge in [0.25, 0.3) is 5.69 Å². The first-order chi connectivity index (χ1) is 9.52. The lowest BCUT2D eigenvalue weighted by molar-refractivity contribution is -0.385. The Morgan fingerprint density at radius 3 is 2.95 bits per heavy atom. The smallest absolute Gasteiger partial charge is 0.280 e. The molecule has 1 heterocycles. The number of benzene rings is 1. The maximum Gasteiger partial charge on any atom is 0.280 e. The van der Waals surface area contributed by atoms with E-state index < -0.39 is 11.0 Å². The molecule has 0 aliphatic carbocycles. The molecule has 0 saturated carbocycles. The van der Waals surface area contributed by atoms with E-state index in [4.69, 9.17) is 10.00 Å². The Balaban J connectivity index is 2.34. The molecule has 20 heavy (non-hydrogen) atoms. The molecule has 1 aliphatic heterocycles. The van der Waals surface area contributed by atoms with E-state index in [0.29, 0.717) is 25.4 Å². The van der Waals surface area contributed by atoms with Gasteiger partial charge in [-0.2, -0.15) is 5.26 Å². The monoisotopic (exact) mass is 275 g/mol. The quantitative estimate of drug-likeness (QED) is 0.471. The summed E-state index contributed by atoms with van der Waals surface area (Å²) >= 11 is 0. The molecule has 0 aromatic heterocycles. The van der Waals surface area contributed by atoms with E-state index in [9.17, 15) is 14.9 Å². The molecule has 1 aromatic rings. The van der Waals surface area contributed by atoms with Crippen LogP contribution in [0.1, 0.15) is 17.3 Å². The van der Waals surface area contributed by atoms with Crippen molar-refractivity contribution >= 4 is 17.2 Å². The summed E-state index contributed by atoms with van der Waals surface area (Å²) in [5, 5.41) is 19.8. The summed E-state index contributed by atoms with van der Waals surface area (Å²) in [4.78, 5) is 23.7. The van der Waals surface area contributed by atoms with Gasteiger partial charge in [-0.15, -0.1) is 0 Å². The Morgan fingerprint density at radius 1 is 1.60 bits per heavy atom. The van der Waals surface area contributed by atoms with Crippen LogP contribution < -0.4 is 4.90 Å². The van der Waals surface area contributed by atoms with Gasteiger partial charge in [0, 0.05) is 18.3 Å². The Morgan fingerprint density at radius 2 is 2.35 bits per heavy atom. The van der Waals surface area contributed by atoms with E-state index in [2.05, 4.69) is 0 Å². The van der Waals surface area contributed by atoms with Gasteiger partial charge in [-0.1, -0.05) is 0 Å². The lowest BCUT2D eigenvalue weighted by Crippen LogP contribution is -2.41. The van der Waals surface area contributed by atoms with Crippen LogP contribution in [-0.2, 0) is 4.74 Å². The average molecular weight is 275 g/mol. The van der Waals surface area contributed by atoms with Crippen LogP contribution in [0.2, 0.25) is 0 Å². The second-order valence-corrected chi connectivity index (χ2v) is 4.45. The van der Waals surface area contributed by atoms with Crippen molar-refractivity contribution in [2.75, 3.05) is 24.6 Å². The van der Waals surface area contributed by atoms with E-state index in [1.165, 1.54) is 19.1 Å². The highest BCUT2D eigenvalue weighted by Crippen LogP contribution is 2.26. The van der Waals surface area contributed by atoms with Crippen molar-refractivity contribution in [3.05, 3.63) is 33.9 Å². The van der Waals surface area contributed by atoms with Gasteiger partial charge in [0.1, 0.15) is 0 Å². The second kappa shape index (κ2) is 5.67. The standard InChI is InChI=1S/C13H13N3O4/c1-9(17)12-6-10(2-3-13(12)16(18)19)15-4-5-20-11(7-14)8-15/h2-3,6,11H,4-5,8H2,1H3. The van der Waals surface area contributed by atoms with Gasteiger partial charge in [0.2, 0.25) is 0 Å².